The van der Waals surface area contributed by atoms with E-state index in [1.54, 1.807) is 47.4 Å². The molecule has 3 atom stereocenters. The standard InChI is InChI=1S/C24H33N3O5S/c1-16-5-8-21(9-6-16)33(30,31)26-20-7-10-22-19(11-20)12-24(29)27(18(3)15-28)14-17(2)23(32-22)13-25-4/h5-11,17-18,23,25-26,28H,12-15H2,1-4H3/t17-,18+,23-/m1/s1. The van der Waals surface area contributed by atoms with E-state index in [1.165, 1.54) is 0 Å². The first-order valence-electron chi connectivity index (χ1n) is 11.1. The Morgan fingerprint density at radius 1 is 1.21 bits per heavy atom. The van der Waals surface area contributed by atoms with Crippen molar-refractivity contribution in [3.63, 3.8) is 0 Å². The van der Waals surface area contributed by atoms with Gasteiger partial charge in [-0.2, -0.15) is 0 Å². The van der Waals surface area contributed by atoms with E-state index in [9.17, 15) is 18.3 Å². The number of amides is 1. The molecule has 9 heteroatoms. The van der Waals surface area contributed by atoms with Crippen LogP contribution in [0.25, 0.3) is 0 Å². The van der Waals surface area contributed by atoms with Crippen molar-refractivity contribution in [2.24, 2.45) is 5.92 Å². The van der Waals surface area contributed by atoms with E-state index in [-0.39, 0.29) is 41.9 Å². The molecule has 0 saturated carbocycles. The number of carbonyl (C=O) groups is 1. The van der Waals surface area contributed by atoms with Gasteiger partial charge in [-0.1, -0.05) is 24.6 Å². The van der Waals surface area contributed by atoms with Crippen LogP contribution in [-0.4, -0.2) is 63.2 Å². The van der Waals surface area contributed by atoms with Gasteiger partial charge in [-0.25, -0.2) is 8.42 Å². The number of nitrogens with one attached hydrogen (secondary N) is 2. The van der Waals surface area contributed by atoms with Crippen LogP contribution in [0.5, 0.6) is 5.75 Å². The minimum atomic E-state index is -3.78. The summed E-state index contributed by atoms with van der Waals surface area (Å²) in [4.78, 5) is 15.0. The van der Waals surface area contributed by atoms with Gasteiger partial charge in [0.25, 0.3) is 10.0 Å². The van der Waals surface area contributed by atoms with Crippen molar-refractivity contribution in [3.8, 4) is 5.75 Å². The predicted molar refractivity (Wildman–Crippen MR) is 128 cm³/mol. The zero-order valence-corrected chi connectivity index (χ0v) is 20.4. The Hall–Kier alpha value is -2.62. The fourth-order valence-electron chi connectivity index (χ4n) is 3.87. The average molecular weight is 476 g/mol. The summed E-state index contributed by atoms with van der Waals surface area (Å²) in [7, 11) is -1.94. The molecule has 3 N–H and O–H groups in total. The van der Waals surface area contributed by atoms with E-state index in [0.717, 1.165) is 5.56 Å². The van der Waals surface area contributed by atoms with Crippen molar-refractivity contribution >= 4 is 21.6 Å². The van der Waals surface area contributed by atoms with Crippen molar-refractivity contribution in [3.05, 3.63) is 53.6 Å². The van der Waals surface area contributed by atoms with E-state index < -0.39 is 10.0 Å². The number of hydrogen-bond acceptors (Lipinski definition) is 6. The molecule has 0 radical (unpaired) electrons. The Labute approximate surface area is 196 Å². The number of ether oxygens (including phenoxy) is 1. The Morgan fingerprint density at radius 3 is 2.55 bits per heavy atom. The fourth-order valence-corrected chi connectivity index (χ4v) is 4.92. The monoisotopic (exact) mass is 475 g/mol. The number of benzene rings is 2. The van der Waals surface area contributed by atoms with Crippen LogP contribution in [0.1, 0.15) is 25.0 Å². The van der Waals surface area contributed by atoms with E-state index in [0.29, 0.717) is 30.1 Å². The third-order valence-electron chi connectivity index (χ3n) is 5.91. The highest BCUT2D eigenvalue weighted by Crippen LogP contribution is 2.29. The zero-order chi connectivity index (χ0) is 24.2. The molecule has 3 rings (SSSR count). The average Bonchev–Trinajstić information content (AvgIpc) is 2.81. The molecule has 180 valence electrons. The quantitative estimate of drug-likeness (QED) is 0.567. The van der Waals surface area contributed by atoms with Gasteiger partial charge in [0.05, 0.1) is 24.0 Å². The summed E-state index contributed by atoms with van der Waals surface area (Å²) in [5, 5.41) is 12.8. The summed E-state index contributed by atoms with van der Waals surface area (Å²) >= 11 is 0. The number of rotatable bonds is 7. The van der Waals surface area contributed by atoms with Crippen molar-refractivity contribution in [2.45, 2.75) is 44.2 Å². The second-order valence-electron chi connectivity index (χ2n) is 8.69. The van der Waals surface area contributed by atoms with Gasteiger partial charge in [0, 0.05) is 30.3 Å². The molecule has 0 bridgehead atoms. The van der Waals surface area contributed by atoms with Crippen LogP contribution >= 0.6 is 0 Å². The minimum absolute atomic E-state index is 0.0149. The molecule has 8 nitrogen and oxygen atoms in total. The summed E-state index contributed by atoms with van der Waals surface area (Å²) in [6.45, 7) is 6.61. The van der Waals surface area contributed by atoms with Gasteiger partial charge in [-0.05, 0) is 51.2 Å². The maximum Gasteiger partial charge on any atom is 0.261 e. The number of hydrogen-bond donors (Lipinski definition) is 3. The molecule has 33 heavy (non-hydrogen) atoms. The Balaban J connectivity index is 1.95. The third-order valence-corrected chi connectivity index (χ3v) is 7.30. The van der Waals surface area contributed by atoms with Gasteiger partial charge in [-0.15, -0.1) is 0 Å². The lowest BCUT2D eigenvalue weighted by Gasteiger charge is -2.32. The molecule has 0 fully saturated rings. The second-order valence-corrected chi connectivity index (χ2v) is 10.4. The van der Waals surface area contributed by atoms with Gasteiger partial charge in [0.1, 0.15) is 11.9 Å². The highest BCUT2D eigenvalue weighted by molar-refractivity contribution is 7.92. The first-order valence-corrected chi connectivity index (χ1v) is 12.6. The van der Waals surface area contributed by atoms with Crippen LogP contribution in [0.15, 0.2) is 47.4 Å². The van der Waals surface area contributed by atoms with Crippen molar-refractivity contribution in [2.75, 3.05) is 31.5 Å². The summed E-state index contributed by atoms with van der Waals surface area (Å²) in [6, 6.07) is 11.3. The highest BCUT2D eigenvalue weighted by Gasteiger charge is 2.30. The van der Waals surface area contributed by atoms with Crippen LogP contribution in [0, 0.1) is 12.8 Å². The molecule has 0 saturated heterocycles. The zero-order valence-electron chi connectivity index (χ0n) is 19.5. The second kappa shape index (κ2) is 10.5. The molecule has 0 aromatic heterocycles. The first kappa shape index (κ1) is 25.0. The molecule has 2 aromatic rings. The maximum atomic E-state index is 13.1. The smallest absolute Gasteiger partial charge is 0.261 e. The molecular formula is C24H33N3O5S. The lowest BCUT2D eigenvalue weighted by Crippen LogP contribution is -2.47. The minimum Gasteiger partial charge on any atom is -0.488 e. The summed E-state index contributed by atoms with van der Waals surface area (Å²) in [5.41, 5.74) is 1.91. The molecular weight excluding hydrogens is 442 g/mol. The molecule has 1 aliphatic heterocycles. The number of aryl methyl sites for hydroxylation is 1. The molecule has 2 aromatic carbocycles. The maximum absolute atomic E-state index is 13.1. The van der Waals surface area contributed by atoms with E-state index in [4.69, 9.17) is 4.74 Å². The third kappa shape index (κ3) is 6.04. The van der Waals surface area contributed by atoms with Crippen LogP contribution < -0.4 is 14.8 Å². The Kier molecular flexibility index (Phi) is 7.99. The number of anilines is 1. The van der Waals surface area contributed by atoms with Gasteiger partial charge in [0.15, 0.2) is 0 Å². The number of aliphatic hydroxyl groups excluding tert-OH is 1. The number of nitrogens with zero attached hydrogens (tertiary/aromatic N) is 1. The van der Waals surface area contributed by atoms with Crippen molar-refractivity contribution in [1.29, 1.82) is 0 Å². The first-order chi connectivity index (χ1) is 15.6. The summed E-state index contributed by atoms with van der Waals surface area (Å²) in [5.74, 6) is 0.421. The van der Waals surface area contributed by atoms with E-state index >= 15 is 0 Å². The predicted octanol–water partition coefficient (Wildman–Crippen LogP) is 2.16. The molecule has 1 amide bonds. The van der Waals surface area contributed by atoms with Crippen LogP contribution in [0.2, 0.25) is 0 Å². The Morgan fingerprint density at radius 2 is 1.91 bits per heavy atom. The number of likely N-dealkylation sites (N-methyl/N-ethyl adjacent to an activating group) is 1. The molecule has 0 unspecified atom stereocenters. The lowest BCUT2D eigenvalue weighted by atomic mass is 10.0. The molecule has 1 aliphatic rings. The highest BCUT2D eigenvalue weighted by atomic mass is 32.2. The molecule has 0 spiro atoms. The number of sulfonamides is 1. The van der Waals surface area contributed by atoms with Gasteiger partial charge < -0.3 is 20.1 Å². The summed E-state index contributed by atoms with van der Waals surface area (Å²) < 4.78 is 34.5. The van der Waals surface area contributed by atoms with Crippen molar-refractivity contribution < 1.29 is 23.1 Å². The fraction of sp³-hybridized carbons (Fsp3) is 0.458. The van der Waals surface area contributed by atoms with Crippen LogP contribution in [0.3, 0.4) is 0 Å². The Bertz CT molecular complexity index is 1070. The SMILES string of the molecule is CNC[C@H]1Oc2ccc(NS(=O)(=O)c3ccc(C)cc3)cc2CC(=O)N([C@@H](C)CO)C[C@H]1C. The molecule has 1 heterocycles. The van der Waals surface area contributed by atoms with Gasteiger partial charge in [0.2, 0.25) is 5.91 Å². The van der Waals surface area contributed by atoms with Crippen LogP contribution in [0.4, 0.5) is 5.69 Å². The normalized spacial score (nSPS) is 20.2. The number of aliphatic hydroxyl groups is 1. The topological polar surface area (TPSA) is 108 Å². The van der Waals surface area contributed by atoms with Gasteiger partial charge >= 0.3 is 0 Å². The van der Waals surface area contributed by atoms with Gasteiger partial charge in [-0.3, -0.25) is 9.52 Å². The van der Waals surface area contributed by atoms with Crippen LogP contribution in [-0.2, 0) is 21.2 Å². The summed E-state index contributed by atoms with van der Waals surface area (Å²) in [6.07, 6.45) is -0.165. The largest absolute Gasteiger partial charge is 0.488 e. The lowest BCUT2D eigenvalue weighted by molar-refractivity contribution is -0.134. The van der Waals surface area contributed by atoms with E-state index in [2.05, 4.69) is 10.0 Å². The molecule has 0 aliphatic carbocycles. The van der Waals surface area contributed by atoms with Crippen molar-refractivity contribution in [1.82, 2.24) is 10.2 Å². The number of fused-ring (bicyclic) bond motifs is 1. The van der Waals surface area contributed by atoms with E-state index in [1.807, 2.05) is 27.8 Å². The number of carbonyl (C=O) groups excluding carboxylic acids is 1.